The number of amides is 1. The van der Waals surface area contributed by atoms with E-state index >= 15 is 0 Å². The van der Waals surface area contributed by atoms with Gasteiger partial charge in [0, 0.05) is 13.1 Å². The van der Waals surface area contributed by atoms with E-state index in [2.05, 4.69) is 21.9 Å². The molecule has 0 fully saturated rings. The van der Waals surface area contributed by atoms with Crippen LogP contribution in [0, 0.1) is 5.41 Å². The van der Waals surface area contributed by atoms with Crippen LogP contribution >= 0.6 is 11.8 Å². The van der Waals surface area contributed by atoms with Gasteiger partial charge in [-0.1, -0.05) is 0 Å². The smallest absolute Gasteiger partial charge is 0.224 e. The van der Waals surface area contributed by atoms with Crippen molar-refractivity contribution in [3.05, 3.63) is 0 Å². The number of rotatable bonds is 9. The van der Waals surface area contributed by atoms with Gasteiger partial charge in [-0.15, -0.1) is 0 Å². The Labute approximate surface area is 121 Å². The molecule has 0 aliphatic heterocycles. The highest BCUT2D eigenvalue weighted by Gasteiger charge is 2.24. The molecule has 0 saturated heterocycles. The summed E-state index contributed by atoms with van der Waals surface area (Å²) < 4.78 is 0. The number of carbonyl (C=O) groups excluding carboxylic acids is 1. The molecule has 19 heavy (non-hydrogen) atoms. The van der Waals surface area contributed by atoms with Gasteiger partial charge in [0.1, 0.15) is 0 Å². The maximum Gasteiger partial charge on any atom is 0.224 e. The van der Waals surface area contributed by atoms with Gasteiger partial charge in [-0.25, -0.2) is 0 Å². The van der Waals surface area contributed by atoms with Crippen molar-refractivity contribution in [1.29, 1.82) is 0 Å². The van der Waals surface area contributed by atoms with E-state index in [9.17, 15) is 4.79 Å². The highest BCUT2D eigenvalue weighted by molar-refractivity contribution is 7.98. The number of nitrogens with two attached hydrogens (primary N) is 1. The zero-order chi connectivity index (χ0) is 14.7. The normalized spacial score (nSPS) is 12.3. The molecule has 0 aromatic rings. The van der Waals surface area contributed by atoms with Gasteiger partial charge in [-0.2, -0.15) is 11.8 Å². The molecular formula is C13H28N4OS. The molecule has 0 aromatic heterocycles. The van der Waals surface area contributed by atoms with Gasteiger partial charge in [0.05, 0.1) is 12.0 Å². The molecule has 0 unspecified atom stereocenters. The zero-order valence-electron chi connectivity index (χ0n) is 12.6. The summed E-state index contributed by atoms with van der Waals surface area (Å²) in [6, 6.07) is 0. The first-order valence-corrected chi connectivity index (χ1v) is 8.14. The summed E-state index contributed by atoms with van der Waals surface area (Å²) in [5.74, 6) is 1.61. The first-order valence-electron chi connectivity index (χ1n) is 6.75. The highest BCUT2D eigenvalue weighted by Crippen LogP contribution is 2.13. The quantitative estimate of drug-likeness (QED) is 0.338. The van der Waals surface area contributed by atoms with Gasteiger partial charge in [-0.3, -0.25) is 9.79 Å². The Balaban J connectivity index is 4.19. The zero-order valence-corrected chi connectivity index (χ0v) is 13.4. The second-order valence-electron chi connectivity index (χ2n) is 5.07. The molecule has 0 spiro atoms. The Hall–Kier alpha value is -0.910. The molecule has 4 N–H and O–H groups in total. The van der Waals surface area contributed by atoms with E-state index in [1.165, 1.54) is 12.2 Å². The Kier molecular flexibility index (Phi) is 9.47. The number of thioether (sulfide) groups is 1. The fourth-order valence-electron chi connectivity index (χ4n) is 1.27. The molecule has 5 nitrogen and oxygen atoms in total. The van der Waals surface area contributed by atoms with Crippen molar-refractivity contribution in [2.75, 3.05) is 31.6 Å². The van der Waals surface area contributed by atoms with Crippen LogP contribution in [-0.2, 0) is 4.79 Å². The Morgan fingerprint density at radius 2 is 2.00 bits per heavy atom. The van der Waals surface area contributed by atoms with Crippen molar-refractivity contribution >= 4 is 23.6 Å². The van der Waals surface area contributed by atoms with E-state index in [4.69, 9.17) is 5.73 Å². The van der Waals surface area contributed by atoms with Gasteiger partial charge in [-0.05, 0) is 45.6 Å². The third-order valence-electron chi connectivity index (χ3n) is 2.71. The summed E-state index contributed by atoms with van der Waals surface area (Å²) >= 11 is 1.86. The van der Waals surface area contributed by atoms with E-state index in [1.807, 2.05) is 18.7 Å². The van der Waals surface area contributed by atoms with Crippen LogP contribution in [0.3, 0.4) is 0 Å². The van der Waals surface area contributed by atoms with Crippen LogP contribution in [-0.4, -0.2) is 43.5 Å². The van der Waals surface area contributed by atoms with Crippen LogP contribution in [0.1, 0.15) is 33.6 Å². The van der Waals surface area contributed by atoms with Crippen LogP contribution in [0.25, 0.3) is 0 Å². The fourth-order valence-corrected chi connectivity index (χ4v) is 1.77. The number of unbranched alkanes of at least 4 members (excludes halogenated alkanes) is 1. The lowest BCUT2D eigenvalue weighted by atomic mass is 9.93. The van der Waals surface area contributed by atoms with Crippen LogP contribution < -0.4 is 16.4 Å². The molecule has 0 aliphatic rings. The molecule has 0 rings (SSSR count). The summed E-state index contributed by atoms with van der Waals surface area (Å²) in [4.78, 5) is 15.6. The second kappa shape index (κ2) is 9.95. The van der Waals surface area contributed by atoms with Gasteiger partial charge >= 0.3 is 0 Å². The van der Waals surface area contributed by atoms with Crippen molar-refractivity contribution in [3.63, 3.8) is 0 Å². The van der Waals surface area contributed by atoms with Crippen molar-refractivity contribution in [1.82, 2.24) is 10.6 Å². The molecule has 0 aromatic carbocycles. The number of nitrogens with one attached hydrogen (secondary N) is 2. The summed E-state index contributed by atoms with van der Waals surface area (Å²) in [5.41, 5.74) is 4.72. The molecule has 0 aliphatic carbocycles. The Bertz CT molecular complexity index is 292. The summed E-state index contributed by atoms with van der Waals surface area (Å²) in [7, 11) is 0. The predicted molar refractivity (Wildman–Crippen MR) is 84.6 cm³/mol. The van der Waals surface area contributed by atoms with E-state index in [0.29, 0.717) is 6.54 Å². The molecule has 0 bridgehead atoms. The lowest BCUT2D eigenvalue weighted by molar-refractivity contribution is -0.125. The highest BCUT2D eigenvalue weighted by atomic mass is 32.2. The molecule has 0 atom stereocenters. The van der Waals surface area contributed by atoms with Gasteiger partial charge < -0.3 is 16.4 Å². The lowest BCUT2D eigenvalue weighted by Crippen LogP contribution is -2.40. The van der Waals surface area contributed by atoms with E-state index in [1.54, 1.807) is 13.8 Å². The summed E-state index contributed by atoms with van der Waals surface area (Å²) in [6.07, 6.45) is 4.43. The lowest BCUT2D eigenvalue weighted by Gasteiger charge is -2.19. The summed E-state index contributed by atoms with van der Waals surface area (Å²) in [5, 5.41) is 6.44. The molecule has 0 heterocycles. The molecule has 6 heteroatoms. The minimum absolute atomic E-state index is 0.327. The maximum absolute atomic E-state index is 11.2. The van der Waals surface area contributed by atoms with E-state index < -0.39 is 5.41 Å². The molecular weight excluding hydrogens is 260 g/mol. The fraction of sp³-hybridized carbons (Fsp3) is 0.846. The number of primary amides is 1. The van der Waals surface area contributed by atoms with Crippen molar-refractivity contribution in [2.24, 2.45) is 16.1 Å². The standard InChI is InChI=1S/C13H28N4OS/c1-5-15-12(16-8-6-7-9-19-4)17-10-13(2,3)11(14)18/h5-10H2,1-4H3,(H2,14,18)(H2,15,16,17). The third kappa shape index (κ3) is 8.75. The summed E-state index contributed by atoms with van der Waals surface area (Å²) in [6.45, 7) is 7.71. The van der Waals surface area contributed by atoms with Gasteiger partial charge in [0.15, 0.2) is 5.96 Å². The predicted octanol–water partition coefficient (Wildman–Crippen LogP) is 1.20. The van der Waals surface area contributed by atoms with Crippen molar-refractivity contribution in [2.45, 2.75) is 33.6 Å². The number of carbonyl (C=O) groups is 1. The number of hydrogen-bond acceptors (Lipinski definition) is 3. The number of guanidine groups is 1. The number of aliphatic imine (C=N–C) groups is 1. The number of nitrogens with zero attached hydrogens (tertiary/aromatic N) is 1. The van der Waals surface area contributed by atoms with Crippen LogP contribution in [0.2, 0.25) is 0 Å². The average molecular weight is 288 g/mol. The second-order valence-corrected chi connectivity index (χ2v) is 6.06. The van der Waals surface area contributed by atoms with Gasteiger partial charge in [0.25, 0.3) is 0 Å². The molecule has 0 radical (unpaired) electrons. The van der Waals surface area contributed by atoms with E-state index in [0.717, 1.165) is 25.5 Å². The largest absolute Gasteiger partial charge is 0.369 e. The van der Waals surface area contributed by atoms with E-state index in [-0.39, 0.29) is 5.91 Å². The number of hydrogen-bond donors (Lipinski definition) is 3. The topological polar surface area (TPSA) is 79.5 Å². The first-order chi connectivity index (χ1) is 8.94. The van der Waals surface area contributed by atoms with Gasteiger partial charge in [0.2, 0.25) is 5.91 Å². The molecule has 0 saturated carbocycles. The van der Waals surface area contributed by atoms with Crippen LogP contribution in [0.4, 0.5) is 0 Å². The van der Waals surface area contributed by atoms with Crippen molar-refractivity contribution < 1.29 is 4.79 Å². The minimum Gasteiger partial charge on any atom is -0.369 e. The van der Waals surface area contributed by atoms with Crippen molar-refractivity contribution in [3.8, 4) is 0 Å². The Morgan fingerprint density at radius 1 is 1.32 bits per heavy atom. The van der Waals surface area contributed by atoms with Crippen LogP contribution in [0.15, 0.2) is 4.99 Å². The third-order valence-corrected chi connectivity index (χ3v) is 3.41. The average Bonchev–Trinajstić information content (AvgIpc) is 2.35. The minimum atomic E-state index is -0.610. The van der Waals surface area contributed by atoms with Crippen LogP contribution in [0.5, 0.6) is 0 Å². The molecule has 1 amide bonds. The Morgan fingerprint density at radius 3 is 2.53 bits per heavy atom. The maximum atomic E-state index is 11.2. The SMILES string of the molecule is CCNC(=NCC(C)(C)C(N)=O)NCCCCSC. The molecule has 112 valence electrons. The monoisotopic (exact) mass is 288 g/mol. The first kappa shape index (κ1) is 18.1.